The molecule has 32 heavy (non-hydrogen) atoms. The number of pyridine rings is 1. The number of benzene rings is 1. The molecular weight excluding hydrogens is 412 g/mol. The van der Waals surface area contributed by atoms with Gasteiger partial charge in [0.25, 0.3) is 11.5 Å². The third kappa shape index (κ3) is 4.41. The van der Waals surface area contributed by atoms with E-state index < -0.39 is 11.5 Å². The summed E-state index contributed by atoms with van der Waals surface area (Å²) in [5.74, 6) is -0.160. The number of carbonyl (C=O) groups excluding carboxylic acids is 1. The van der Waals surface area contributed by atoms with Crippen LogP contribution < -0.4 is 21.2 Å². The lowest BCUT2D eigenvalue weighted by Crippen LogP contribution is -2.33. The van der Waals surface area contributed by atoms with Gasteiger partial charge in [-0.1, -0.05) is 12.1 Å². The van der Waals surface area contributed by atoms with Crippen molar-refractivity contribution in [1.82, 2.24) is 20.1 Å². The maximum Gasteiger partial charge on any atom is 0.349 e. The Labute approximate surface area is 182 Å². The number of nitrogens with zero attached hydrogens (tertiary/aromatic N) is 3. The van der Waals surface area contributed by atoms with Crippen molar-refractivity contribution in [3.8, 4) is 17.0 Å². The van der Waals surface area contributed by atoms with E-state index in [0.29, 0.717) is 29.0 Å². The van der Waals surface area contributed by atoms with E-state index in [9.17, 15) is 14.4 Å². The van der Waals surface area contributed by atoms with Crippen LogP contribution >= 0.6 is 0 Å². The van der Waals surface area contributed by atoms with Crippen molar-refractivity contribution in [2.45, 2.75) is 13.5 Å². The first-order valence-corrected chi connectivity index (χ1v) is 10.0. The number of ether oxygens (including phenoxy) is 1. The predicted octanol–water partition coefficient (Wildman–Crippen LogP) is 2.24. The summed E-state index contributed by atoms with van der Waals surface area (Å²) >= 11 is 0. The van der Waals surface area contributed by atoms with Gasteiger partial charge in [0.15, 0.2) is 11.3 Å². The van der Waals surface area contributed by atoms with Gasteiger partial charge in [-0.2, -0.15) is 5.10 Å². The molecule has 4 rings (SSSR count). The molecule has 0 aliphatic heterocycles. The summed E-state index contributed by atoms with van der Waals surface area (Å²) in [6.07, 6.45) is 3.30. The Morgan fingerprint density at radius 3 is 2.81 bits per heavy atom. The summed E-state index contributed by atoms with van der Waals surface area (Å²) in [5, 5.41) is 7.53. The SMILES string of the molecule is CCOc1cccc2cc(C(=O)NCCn3nc(-c4cccnc4)ccc3=O)c(=O)oc12. The number of fused-ring (bicyclic) bond motifs is 1. The van der Waals surface area contributed by atoms with Crippen molar-refractivity contribution in [3.05, 3.63) is 87.3 Å². The van der Waals surface area contributed by atoms with E-state index in [1.807, 2.05) is 13.0 Å². The molecule has 0 bridgehead atoms. The Hall–Kier alpha value is -4.27. The van der Waals surface area contributed by atoms with Crippen LogP contribution in [-0.4, -0.2) is 33.8 Å². The lowest BCUT2D eigenvalue weighted by atomic mass is 10.1. The average molecular weight is 432 g/mol. The second kappa shape index (κ2) is 9.25. The first kappa shape index (κ1) is 21.0. The molecule has 0 saturated carbocycles. The second-order valence-corrected chi connectivity index (χ2v) is 6.83. The van der Waals surface area contributed by atoms with Crippen LogP contribution in [0.15, 0.2) is 74.9 Å². The first-order valence-electron chi connectivity index (χ1n) is 10.0. The summed E-state index contributed by atoms with van der Waals surface area (Å²) in [6.45, 7) is 2.47. The maximum absolute atomic E-state index is 12.6. The molecular formula is C23H20N4O5. The van der Waals surface area contributed by atoms with E-state index in [2.05, 4.69) is 15.4 Å². The summed E-state index contributed by atoms with van der Waals surface area (Å²) in [5.41, 5.74) is 0.445. The molecule has 0 aliphatic carbocycles. The number of nitrogens with one attached hydrogen (secondary N) is 1. The predicted molar refractivity (Wildman–Crippen MR) is 118 cm³/mol. The van der Waals surface area contributed by atoms with Crippen molar-refractivity contribution in [2.75, 3.05) is 13.2 Å². The lowest BCUT2D eigenvalue weighted by Gasteiger charge is -2.09. The minimum atomic E-state index is -0.768. The number of hydrogen-bond donors (Lipinski definition) is 1. The van der Waals surface area contributed by atoms with Crippen LogP contribution in [0.5, 0.6) is 5.75 Å². The molecule has 4 aromatic rings. The number of hydrogen-bond acceptors (Lipinski definition) is 7. The van der Waals surface area contributed by atoms with Gasteiger partial charge in [0.05, 0.1) is 18.8 Å². The second-order valence-electron chi connectivity index (χ2n) is 6.83. The highest BCUT2D eigenvalue weighted by Crippen LogP contribution is 2.24. The smallest absolute Gasteiger partial charge is 0.349 e. The van der Waals surface area contributed by atoms with Gasteiger partial charge in [-0.05, 0) is 37.3 Å². The molecule has 9 heteroatoms. The molecule has 3 aromatic heterocycles. The van der Waals surface area contributed by atoms with Crippen molar-refractivity contribution >= 4 is 16.9 Å². The average Bonchev–Trinajstić information content (AvgIpc) is 2.81. The third-order valence-corrected chi connectivity index (χ3v) is 4.70. The maximum atomic E-state index is 12.6. The van der Waals surface area contributed by atoms with E-state index in [-0.39, 0.29) is 24.2 Å². The fraction of sp³-hybridized carbons (Fsp3) is 0.174. The fourth-order valence-electron chi connectivity index (χ4n) is 3.19. The van der Waals surface area contributed by atoms with Crippen LogP contribution in [0.2, 0.25) is 0 Å². The molecule has 9 nitrogen and oxygen atoms in total. The molecule has 162 valence electrons. The minimum absolute atomic E-state index is 0.0959. The lowest BCUT2D eigenvalue weighted by molar-refractivity contribution is 0.0948. The number of aromatic nitrogens is 3. The highest BCUT2D eigenvalue weighted by Gasteiger charge is 2.15. The van der Waals surface area contributed by atoms with E-state index >= 15 is 0 Å². The summed E-state index contributed by atoms with van der Waals surface area (Å²) in [4.78, 5) is 41.1. The van der Waals surface area contributed by atoms with Gasteiger partial charge in [-0.25, -0.2) is 9.48 Å². The van der Waals surface area contributed by atoms with Crippen LogP contribution in [0.4, 0.5) is 0 Å². The first-order chi connectivity index (χ1) is 15.6. The van der Waals surface area contributed by atoms with E-state index in [1.54, 1.807) is 42.7 Å². The quantitative estimate of drug-likeness (QED) is 0.445. The molecule has 3 heterocycles. The zero-order valence-electron chi connectivity index (χ0n) is 17.3. The van der Waals surface area contributed by atoms with Gasteiger partial charge in [0.2, 0.25) is 0 Å². The monoisotopic (exact) mass is 432 g/mol. The topological polar surface area (TPSA) is 116 Å². The normalized spacial score (nSPS) is 10.8. The summed E-state index contributed by atoms with van der Waals surface area (Å²) in [7, 11) is 0. The number of amides is 1. The van der Waals surface area contributed by atoms with Crippen molar-refractivity contribution in [1.29, 1.82) is 0 Å². The molecule has 1 aromatic carbocycles. The van der Waals surface area contributed by atoms with E-state index in [1.165, 1.54) is 16.8 Å². The largest absolute Gasteiger partial charge is 0.490 e. The number of carbonyl (C=O) groups is 1. The van der Waals surface area contributed by atoms with Crippen LogP contribution in [0, 0.1) is 0 Å². The van der Waals surface area contributed by atoms with E-state index in [4.69, 9.17) is 9.15 Å². The zero-order chi connectivity index (χ0) is 22.5. The highest BCUT2D eigenvalue weighted by atomic mass is 16.5. The minimum Gasteiger partial charge on any atom is -0.490 e. The summed E-state index contributed by atoms with van der Waals surface area (Å²) in [6, 6.07) is 13.3. The number of rotatable bonds is 7. The molecule has 0 unspecified atom stereocenters. The molecule has 0 fully saturated rings. The molecule has 0 aliphatic rings. The Balaban J connectivity index is 1.49. The van der Waals surface area contributed by atoms with E-state index in [0.717, 1.165) is 5.56 Å². The number of para-hydroxylation sites is 1. The van der Waals surface area contributed by atoms with Gasteiger partial charge in [0.1, 0.15) is 5.56 Å². The van der Waals surface area contributed by atoms with Gasteiger partial charge >= 0.3 is 5.63 Å². The zero-order valence-corrected chi connectivity index (χ0v) is 17.3. The Morgan fingerprint density at radius 2 is 2.03 bits per heavy atom. The molecule has 0 atom stereocenters. The standard InChI is InChI=1S/C23H20N4O5/c1-2-31-19-7-3-5-15-13-17(23(30)32-21(15)19)22(29)25-11-12-27-20(28)9-8-18(26-27)16-6-4-10-24-14-16/h3-10,13-14H,2,11-12H2,1H3,(H,25,29). The van der Waals surface area contributed by atoms with Crippen molar-refractivity contribution in [3.63, 3.8) is 0 Å². The third-order valence-electron chi connectivity index (χ3n) is 4.70. The molecule has 0 saturated heterocycles. The fourth-order valence-corrected chi connectivity index (χ4v) is 3.19. The Kier molecular flexibility index (Phi) is 6.07. The van der Waals surface area contributed by atoms with Gasteiger partial charge in [-0.3, -0.25) is 14.6 Å². The van der Waals surface area contributed by atoms with Crippen LogP contribution in [-0.2, 0) is 6.54 Å². The van der Waals surface area contributed by atoms with Gasteiger partial charge in [-0.15, -0.1) is 0 Å². The molecule has 1 N–H and O–H groups in total. The Bertz CT molecular complexity index is 1380. The molecule has 1 amide bonds. The Morgan fingerprint density at radius 1 is 1.16 bits per heavy atom. The highest BCUT2D eigenvalue weighted by molar-refractivity contribution is 5.97. The van der Waals surface area contributed by atoms with Crippen LogP contribution in [0.1, 0.15) is 17.3 Å². The van der Waals surface area contributed by atoms with Crippen molar-refractivity contribution < 1.29 is 13.9 Å². The molecule has 0 spiro atoms. The molecule has 0 radical (unpaired) electrons. The van der Waals surface area contributed by atoms with Gasteiger partial charge < -0.3 is 14.5 Å². The van der Waals surface area contributed by atoms with Crippen LogP contribution in [0.3, 0.4) is 0 Å². The van der Waals surface area contributed by atoms with Crippen LogP contribution in [0.25, 0.3) is 22.2 Å². The summed E-state index contributed by atoms with van der Waals surface area (Å²) < 4.78 is 12.0. The van der Waals surface area contributed by atoms with Crippen molar-refractivity contribution in [2.24, 2.45) is 0 Å². The van der Waals surface area contributed by atoms with Gasteiger partial charge in [0, 0.05) is 36.0 Å².